The first-order chi connectivity index (χ1) is 7.64. The number of amides is 1. The fourth-order valence-electron chi connectivity index (χ4n) is 0.797. The Kier molecular flexibility index (Phi) is 3.70. The van der Waals surface area contributed by atoms with Crippen LogP contribution in [0.2, 0.25) is 0 Å². The number of carbonyl (C=O) groups excluding carboxylic acids is 1. The van der Waals surface area contributed by atoms with Gasteiger partial charge >= 0.3 is 18.0 Å². The van der Waals surface area contributed by atoms with Gasteiger partial charge < -0.3 is 5.32 Å². The van der Waals surface area contributed by atoms with Crippen LogP contribution in [0.1, 0.15) is 0 Å². The van der Waals surface area contributed by atoms with E-state index in [-0.39, 0.29) is 0 Å². The maximum absolute atomic E-state index is 12.5. The third-order valence-corrected chi connectivity index (χ3v) is 2.10. The third kappa shape index (κ3) is 3.11. The maximum atomic E-state index is 12.5. The minimum Gasteiger partial charge on any atom is -0.305 e. The lowest BCUT2D eigenvalue weighted by Crippen LogP contribution is -2.47. The summed E-state index contributed by atoms with van der Waals surface area (Å²) in [6.45, 7) is 0. The van der Waals surface area contributed by atoms with Crippen LogP contribution in [0, 0.1) is 0 Å². The molecule has 0 aromatic carbocycles. The molecule has 0 radical (unpaired) electrons. The summed E-state index contributed by atoms with van der Waals surface area (Å²) in [4.78, 5) is 14.2. The zero-order valence-electron chi connectivity index (χ0n) is 7.86. The summed E-state index contributed by atoms with van der Waals surface area (Å²) >= 11 is 2.94. The molecule has 94 valence electrons. The molecule has 17 heavy (non-hydrogen) atoms. The molecule has 0 spiro atoms. The van der Waals surface area contributed by atoms with Crippen molar-refractivity contribution in [2.45, 2.75) is 12.1 Å². The van der Waals surface area contributed by atoms with E-state index >= 15 is 0 Å². The standard InChI is InChI=1S/C8H4BrF5N2O/c9-4-1-2-15-5(3-4)16-6(17)7(10,11)8(12,13)14/h1-3H,(H,15,16,17). The number of halogens is 6. The second-order valence-electron chi connectivity index (χ2n) is 2.89. The van der Waals surface area contributed by atoms with Gasteiger partial charge in [-0.3, -0.25) is 4.79 Å². The van der Waals surface area contributed by atoms with Crippen molar-refractivity contribution in [2.24, 2.45) is 0 Å². The van der Waals surface area contributed by atoms with Crippen LogP contribution in [-0.2, 0) is 4.79 Å². The summed E-state index contributed by atoms with van der Waals surface area (Å²) in [5, 5.41) is 1.38. The molecule has 1 amide bonds. The second-order valence-corrected chi connectivity index (χ2v) is 3.80. The molecule has 0 saturated heterocycles. The molecule has 3 nitrogen and oxygen atoms in total. The van der Waals surface area contributed by atoms with Gasteiger partial charge in [0.25, 0.3) is 0 Å². The number of rotatable bonds is 2. The minimum absolute atomic E-state index is 0.373. The van der Waals surface area contributed by atoms with Gasteiger partial charge in [0.15, 0.2) is 0 Å². The molecule has 0 aliphatic carbocycles. The quantitative estimate of drug-likeness (QED) is 0.852. The Morgan fingerprint density at radius 1 is 1.29 bits per heavy atom. The third-order valence-electron chi connectivity index (χ3n) is 1.60. The van der Waals surface area contributed by atoms with Gasteiger partial charge in [-0.2, -0.15) is 22.0 Å². The molecule has 0 unspecified atom stereocenters. The van der Waals surface area contributed by atoms with Crippen molar-refractivity contribution >= 4 is 27.7 Å². The Morgan fingerprint density at radius 2 is 1.88 bits per heavy atom. The summed E-state index contributed by atoms with van der Waals surface area (Å²) in [6.07, 6.45) is -4.81. The zero-order chi connectivity index (χ0) is 13.3. The van der Waals surface area contributed by atoms with Gasteiger partial charge in [-0.1, -0.05) is 15.9 Å². The van der Waals surface area contributed by atoms with E-state index in [2.05, 4.69) is 20.9 Å². The SMILES string of the molecule is O=C(Nc1cc(Br)ccn1)C(F)(F)C(F)(F)F. The van der Waals surface area contributed by atoms with Crippen molar-refractivity contribution in [3.05, 3.63) is 22.8 Å². The lowest BCUT2D eigenvalue weighted by molar-refractivity contribution is -0.267. The van der Waals surface area contributed by atoms with Crippen molar-refractivity contribution in [3.8, 4) is 0 Å². The summed E-state index contributed by atoms with van der Waals surface area (Å²) < 4.78 is 60.9. The van der Waals surface area contributed by atoms with Crippen molar-refractivity contribution in [2.75, 3.05) is 5.32 Å². The van der Waals surface area contributed by atoms with Crippen LogP contribution >= 0.6 is 15.9 Å². The second kappa shape index (κ2) is 4.55. The number of nitrogens with zero attached hydrogens (tertiary/aromatic N) is 1. The number of hydrogen-bond donors (Lipinski definition) is 1. The molecule has 1 rings (SSSR count). The molecule has 0 aliphatic rings. The Morgan fingerprint density at radius 3 is 2.35 bits per heavy atom. The first-order valence-corrected chi connectivity index (χ1v) is 4.81. The Labute approximate surface area is 100 Å². The van der Waals surface area contributed by atoms with Crippen LogP contribution in [-0.4, -0.2) is 23.0 Å². The number of nitrogens with one attached hydrogen (secondary N) is 1. The fraction of sp³-hybridized carbons (Fsp3) is 0.250. The first-order valence-electron chi connectivity index (χ1n) is 4.02. The monoisotopic (exact) mass is 318 g/mol. The summed E-state index contributed by atoms with van der Waals surface area (Å²) in [5.74, 6) is -8.35. The minimum atomic E-state index is -5.94. The van der Waals surface area contributed by atoms with Crippen molar-refractivity contribution in [1.29, 1.82) is 0 Å². The molecular formula is C8H4BrF5N2O. The van der Waals surface area contributed by atoms with E-state index in [1.54, 1.807) is 0 Å². The summed E-state index contributed by atoms with van der Waals surface area (Å²) in [6, 6.07) is 2.50. The van der Waals surface area contributed by atoms with Crippen LogP contribution in [0.15, 0.2) is 22.8 Å². The largest absolute Gasteiger partial charge is 0.463 e. The lowest BCUT2D eigenvalue weighted by Gasteiger charge is -2.18. The maximum Gasteiger partial charge on any atom is 0.463 e. The molecule has 0 saturated carbocycles. The highest BCUT2D eigenvalue weighted by atomic mass is 79.9. The number of alkyl halides is 5. The predicted octanol–water partition coefficient (Wildman–Crippen LogP) is 2.98. The lowest BCUT2D eigenvalue weighted by atomic mass is 10.3. The Hall–Kier alpha value is -1.25. The fourth-order valence-corrected chi connectivity index (χ4v) is 1.13. The summed E-state index contributed by atoms with van der Waals surface area (Å²) in [5.41, 5.74) is 0. The van der Waals surface area contributed by atoms with E-state index in [0.717, 1.165) is 12.3 Å². The number of hydrogen-bond acceptors (Lipinski definition) is 2. The highest BCUT2D eigenvalue weighted by molar-refractivity contribution is 9.10. The molecule has 0 bridgehead atoms. The van der Waals surface area contributed by atoms with E-state index in [4.69, 9.17) is 0 Å². The van der Waals surface area contributed by atoms with E-state index in [1.165, 1.54) is 11.4 Å². The molecule has 1 N–H and O–H groups in total. The summed E-state index contributed by atoms with van der Waals surface area (Å²) in [7, 11) is 0. The van der Waals surface area contributed by atoms with Gasteiger partial charge in [-0.25, -0.2) is 4.98 Å². The molecule has 1 aromatic heterocycles. The van der Waals surface area contributed by atoms with E-state index in [1.807, 2.05) is 0 Å². The molecule has 1 heterocycles. The van der Waals surface area contributed by atoms with Gasteiger partial charge in [0.2, 0.25) is 0 Å². The first kappa shape index (κ1) is 13.8. The van der Waals surface area contributed by atoms with Crippen molar-refractivity contribution in [1.82, 2.24) is 4.98 Å². The zero-order valence-corrected chi connectivity index (χ0v) is 9.44. The Balaban J connectivity index is 2.87. The van der Waals surface area contributed by atoms with Gasteiger partial charge in [-0.15, -0.1) is 0 Å². The van der Waals surface area contributed by atoms with E-state index < -0.39 is 23.8 Å². The van der Waals surface area contributed by atoms with E-state index in [0.29, 0.717) is 4.47 Å². The average molecular weight is 319 g/mol. The normalized spacial score (nSPS) is 12.4. The van der Waals surface area contributed by atoms with Gasteiger partial charge in [0.1, 0.15) is 5.82 Å². The van der Waals surface area contributed by atoms with Crippen molar-refractivity contribution in [3.63, 3.8) is 0 Å². The molecule has 0 atom stereocenters. The molecule has 9 heteroatoms. The highest BCUT2D eigenvalue weighted by Gasteiger charge is 2.63. The van der Waals surface area contributed by atoms with Crippen molar-refractivity contribution < 1.29 is 26.7 Å². The number of pyridine rings is 1. The molecular weight excluding hydrogens is 315 g/mol. The van der Waals surface area contributed by atoms with Gasteiger partial charge in [0.05, 0.1) is 0 Å². The smallest absolute Gasteiger partial charge is 0.305 e. The van der Waals surface area contributed by atoms with Crippen LogP contribution in [0.25, 0.3) is 0 Å². The van der Waals surface area contributed by atoms with Crippen LogP contribution in [0.5, 0.6) is 0 Å². The molecule has 1 aromatic rings. The van der Waals surface area contributed by atoms with Crippen LogP contribution in [0.4, 0.5) is 27.8 Å². The number of carbonyl (C=O) groups is 1. The van der Waals surface area contributed by atoms with Crippen LogP contribution < -0.4 is 5.32 Å². The predicted molar refractivity (Wildman–Crippen MR) is 51.6 cm³/mol. The molecule has 0 fully saturated rings. The van der Waals surface area contributed by atoms with Crippen LogP contribution in [0.3, 0.4) is 0 Å². The van der Waals surface area contributed by atoms with Gasteiger partial charge in [-0.05, 0) is 12.1 Å². The highest BCUT2D eigenvalue weighted by Crippen LogP contribution is 2.36. The number of aromatic nitrogens is 1. The Bertz CT molecular complexity index is 434. The molecule has 0 aliphatic heterocycles. The van der Waals surface area contributed by atoms with E-state index in [9.17, 15) is 26.7 Å². The van der Waals surface area contributed by atoms with Gasteiger partial charge in [0, 0.05) is 10.7 Å². The topological polar surface area (TPSA) is 42.0 Å². The average Bonchev–Trinajstić information content (AvgIpc) is 2.15. The number of anilines is 1.